The number of rotatable bonds is 6. The van der Waals surface area contributed by atoms with E-state index in [0.29, 0.717) is 12.2 Å². The molecule has 1 atom stereocenters. The third-order valence-corrected chi connectivity index (χ3v) is 4.88. The fourth-order valence-electron chi connectivity index (χ4n) is 2.98. The lowest BCUT2D eigenvalue weighted by molar-refractivity contribution is -0.0169. The summed E-state index contributed by atoms with van der Waals surface area (Å²) in [7, 11) is 0. The summed E-state index contributed by atoms with van der Waals surface area (Å²) in [6.07, 6.45) is 2.45. The molecule has 25 heavy (non-hydrogen) atoms. The Balaban J connectivity index is 1.63. The predicted octanol–water partition coefficient (Wildman–Crippen LogP) is 1.50. The number of hydrogen-bond donors (Lipinski definition) is 1. The van der Waals surface area contributed by atoms with Gasteiger partial charge in [0.2, 0.25) is 0 Å². The molecule has 1 aromatic heterocycles. The Kier molecular flexibility index (Phi) is 5.45. The predicted molar refractivity (Wildman–Crippen MR) is 94.8 cm³/mol. The third kappa shape index (κ3) is 4.05. The fourth-order valence-corrected chi connectivity index (χ4v) is 2.98. The van der Waals surface area contributed by atoms with Gasteiger partial charge in [-0.15, -0.1) is 5.10 Å². The summed E-state index contributed by atoms with van der Waals surface area (Å²) in [6.45, 7) is 8.17. The lowest BCUT2D eigenvalue weighted by atomic mass is 9.95. The number of hydrogen-bond acceptors (Lipinski definition) is 5. The molecule has 0 unspecified atom stereocenters. The minimum atomic E-state index is -0.199. The Labute approximate surface area is 148 Å². The number of benzene rings is 1. The second kappa shape index (κ2) is 7.76. The van der Waals surface area contributed by atoms with E-state index < -0.39 is 0 Å². The first kappa shape index (κ1) is 17.6. The lowest BCUT2D eigenvalue weighted by Crippen LogP contribution is -2.56. The first-order valence-electron chi connectivity index (χ1n) is 8.71. The molecule has 1 aliphatic heterocycles. The minimum absolute atomic E-state index is 0.0884. The molecule has 3 rings (SSSR count). The van der Waals surface area contributed by atoms with E-state index in [-0.39, 0.29) is 11.4 Å². The Morgan fingerprint density at radius 3 is 2.68 bits per heavy atom. The van der Waals surface area contributed by atoms with Crippen molar-refractivity contribution in [2.24, 2.45) is 0 Å². The Hall–Kier alpha value is -2.25. The lowest BCUT2D eigenvalue weighted by Gasteiger charge is -2.42. The average molecular weight is 343 g/mol. The minimum Gasteiger partial charge on any atom is -0.379 e. The molecular weight excluding hydrogens is 318 g/mol. The number of carbonyl (C=O) groups is 1. The normalized spacial score (nSPS) is 17.8. The van der Waals surface area contributed by atoms with E-state index in [9.17, 15) is 4.79 Å². The summed E-state index contributed by atoms with van der Waals surface area (Å²) >= 11 is 0. The number of ether oxygens (including phenoxy) is 1. The molecule has 0 radical (unpaired) electrons. The quantitative estimate of drug-likeness (QED) is 0.860. The van der Waals surface area contributed by atoms with E-state index in [4.69, 9.17) is 4.74 Å². The SMILES string of the molecule is CC[C@@](C)(CNC(=O)c1cnn(-c2ccccc2)n1)N1CCOCC1. The Bertz CT molecular complexity index is 697. The van der Waals surface area contributed by atoms with Crippen molar-refractivity contribution >= 4 is 5.91 Å². The van der Waals surface area contributed by atoms with Crippen LogP contribution in [0, 0.1) is 0 Å². The molecule has 0 aliphatic carbocycles. The van der Waals surface area contributed by atoms with E-state index in [1.165, 1.54) is 11.0 Å². The molecule has 1 amide bonds. The van der Waals surface area contributed by atoms with Crippen molar-refractivity contribution in [1.82, 2.24) is 25.2 Å². The summed E-state index contributed by atoms with van der Waals surface area (Å²) in [5.74, 6) is -0.199. The number of amides is 1. The van der Waals surface area contributed by atoms with Crippen molar-refractivity contribution in [3.63, 3.8) is 0 Å². The molecule has 7 nitrogen and oxygen atoms in total. The summed E-state index contributed by atoms with van der Waals surface area (Å²) in [5.41, 5.74) is 1.06. The van der Waals surface area contributed by atoms with Gasteiger partial charge in [0.15, 0.2) is 5.69 Å². The highest BCUT2D eigenvalue weighted by Crippen LogP contribution is 2.20. The van der Waals surface area contributed by atoms with Crippen LogP contribution < -0.4 is 5.32 Å². The van der Waals surface area contributed by atoms with Crippen LogP contribution in [-0.4, -0.2) is 64.2 Å². The molecule has 1 aromatic carbocycles. The summed E-state index contributed by atoms with van der Waals surface area (Å²) in [5, 5.41) is 11.5. The zero-order valence-corrected chi connectivity index (χ0v) is 14.8. The van der Waals surface area contributed by atoms with Gasteiger partial charge in [-0.05, 0) is 25.5 Å². The van der Waals surface area contributed by atoms with Crippen LogP contribution in [0.15, 0.2) is 36.5 Å². The van der Waals surface area contributed by atoms with Crippen LogP contribution in [0.3, 0.4) is 0 Å². The van der Waals surface area contributed by atoms with Crippen LogP contribution in [0.5, 0.6) is 0 Å². The highest BCUT2D eigenvalue weighted by Gasteiger charge is 2.32. The molecule has 134 valence electrons. The molecular formula is C18H25N5O2. The molecule has 1 aliphatic rings. The van der Waals surface area contributed by atoms with Crippen molar-refractivity contribution in [3.8, 4) is 5.69 Å². The van der Waals surface area contributed by atoms with E-state index in [2.05, 4.69) is 34.3 Å². The zero-order valence-electron chi connectivity index (χ0n) is 14.8. The van der Waals surface area contributed by atoms with Crippen molar-refractivity contribution in [3.05, 3.63) is 42.2 Å². The van der Waals surface area contributed by atoms with Gasteiger partial charge in [-0.25, -0.2) is 0 Å². The van der Waals surface area contributed by atoms with Gasteiger partial charge in [0.1, 0.15) is 0 Å². The average Bonchev–Trinajstić information content (AvgIpc) is 3.17. The number of nitrogens with zero attached hydrogens (tertiary/aromatic N) is 4. The molecule has 0 spiro atoms. The van der Waals surface area contributed by atoms with Gasteiger partial charge >= 0.3 is 0 Å². The van der Waals surface area contributed by atoms with Gasteiger partial charge < -0.3 is 10.1 Å². The fraction of sp³-hybridized carbons (Fsp3) is 0.500. The summed E-state index contributed by atoms with van der Waals surface area (Å²) in [6, 6.07) is 9.54. The molecule has 1 fully saturated rings. The van der Waals surface area contributed by atoms with Crippen LogP contribution in [-0.2, 0) is 4.74 Å². The largest absolute Gasteiger partial charge is 0.379 e. The van der Waals surface area contributed by atoms with Gasteiger partial charge in [0.05, 0.1) is 25.1 Å². The number of aromatic nitrogens is 3. The van der Waals surface area contributed by atoms with E-state index in [0.717, 1.165) is 38.4 Å². The van der Waals surface area contributed by atoms with Gasteiger partial charge in [0, 0.05) is 25.2 Å². The maximum atomic E-state index is 12.5. The molecule has 7 heteroatoms. The van der Waals surface area contributed by atoms with E-state index >= 15 is 0 Å². The van der Waals surface area contributed by atoms with Gasteiger partial charge in [-0.2, -0.15) is 9.90 Å². The smallest absolute Gasteiger partial charge is 0.273 e. The number of carbonyl (C=O) groups excluding carboxylic acids is 1. The third-order valence-electron chi connectivity index (χ3n) is 4.88. The number of para-hydroxylation sites is 1. The molecule has 1 saturated heterocycles. The number of nitrogens with one attached hydrogen (secondary N) is 1. The molecule has 2 heterocycles. The van der Waals surface area contributed by atoms with Gasteiger partial charge in [-0.1, -0.05) is 25.1 Å². The molecule has 2 aromatic rings. The Morgan fingerprint density at radius 2 is 2.00 bits per heavy atom. The second-order valence-electron chi connectivity index (χ2n) is 6.49. The Morgan fingerprint density at radius 1 is 1.28 bits per heavy atom. The van der Waals surface area contributed by atoms with E-state index in [1.807, 2.05) is 30.3 Å². The molecule has 0 bridgehead atoms. The van der Waals surface area contributed by atoms with Crippen molar-refractivity contribution in [2.75, 3.05) is 32.8 Å². The monoisotopic (exact) mass is 343 g/mol. The van der Waals surface area contributed by atoms with Crippen LogP contribution in [0.1, 0.15) is 30.8 Å². The highest BCUT2D eigenvalue weighted by atomic mass is 16.5. The van der Waals surface area contributed by atoms with Crippen molar-refractivity contribution in [2.45, 2.75) is 25.8 Å². The van der Waals surface area contributed by atoms with Crippen LogP contribution in [0.25, 0.3) is 5.69 Å². The second-order valence-corrected chi connectivity index (χ2v) is 6.49. The van der Waals surface area contributed by atoms with Crippen molar-refractivity contribution in [1.29, 1.82) is 0 Å². The topological polar surface area (TPSA) is 72.3 Å². The highest BCUT2D eigenvalue weighted by molar-refractivity contribution is 5.91. The summed E-state index contributed by atoms with van der Waals surface area (Å²) in [4.78, 5) is 16.3. The first-order valence-corrected chi connectivity index (χ1v) is 8.71. The summed E-state index contributed by atoms with van der Waals surface area (Å²) < 4.78 is 5.43. The number of morpholine rings is 1. The van der Waals surface area contributed by atoms with Crippen LogP contribution >= 0.6 is 0 Å². The maximum Gasteiger partial charge on any atom is 0.273 e. The van der Waals surface area contributed by atoms with Crippen LogP contribution in [0.4, 0.5) is 0 Å². The first-order chi connectivity index (χ1) is 12.1. The molecule has 1 N–H and O–H groups in total. The van der Waals surface area contributed by atoms with Crippen molar-refractivity contribution < 1.29 is 9.53 Å². The van der Waals surface area contributed by atoms with E-state index in [1.54, 1.807) is 0 Å². The molecule has 0 saturated carbocycles. The van der Waals surface area contributed by atoms with Gasteiger partial charge in [0.25, 0.3) is 5.91 Å². The maximum absolute atomic E-state index is 12.5. The zero-order chi connectivity index (χ0) is 17.7. The standard InChI is InChI=1S/C18H25N5O2/c1-3-18(2,22-9-11-25-12-10-22)14-19-17(24)16-13-20-23(21-16)15-7-5-4-6-8-15/h4-8,13H,3,9-12,14H2,1-2H3,(H,19,24)/t18-/m0/s1. The van der Waals surface area contributed by atoms with Crippen LogP contribution in [0.2, 0.25) is 0 Å². The van der Waals surface area contributed by atoms with Gasteiger partial charge in [-0.3, -0.25) is 9.69 Å².